The lowest BCUT2D eigenvalue weighted by molar-refractivity contribution is -0.136. The minimum Gasteiger partial charge on any atom is -0.356 e. The fourth-order valence-electron chi connectivity index (χ4n) is 4.02. The third kappa shape index (κ3) is 3.39. The van der Waals surface area contributed by atoms with Crippen molar-refractivity contribution in [1.82, 2.24) is 9.88 Å². The van der Waals surface area contributed by atoms with Gasteiger partial charge in [0.1, 0.15) is 5.82 Å². The Labute approximate surface area is 149 Å². The highest BCUT2D eigenvalue weighted by molar-refractivity contribution is 5.80. The van der Waals surface area contributed by atoms with Gasteiger partial charge in [-0.15, -0.1) is 0 Å². The van der Waals surface area contributed by atoms with E-state index in [1.54, 1.807) is 0 Å². The molecule has 1 amide bonds. The first kappa shape index (κ1) is 16.1. The topological polar surface area (TPSA) is 36.4 Å². The third-order valence-electron chi connectivity index (χ3n) is 5.44. The zero-order chi connectivity index (χ0) is 17.2. The monoisotopic (exact) mass is 335 g/mol. The fraction of sp³-hybridized carbons (Fsp3) is 0.429. The van der Waals surface area contributed by atoms with Crippen LogP contribution in [0.4, 0.5) is 5.82 Å². The van der Waals surface area contributed by atoms with Crippen LogP contribution < -0.4 is 4.90 Å². The van der Waals surface area contributed by atoms with Gasteiger partial charge in [-0.2, -0.15) is 0 Å². The van der Waals surface area contributed by atoms with E-state index in [1.807, 2.05) is 12.3 Å². The van der Waals surface area contributed by atoms with Crippen LogP contribution >= 0.6 is 0 Å². The SMILES string of the molecule is Cc1ccnc(N2CCCC(C(=O)N3CCc4ccccc4C3)C2)c1. The molecule has 1 aromatic carbocycles. The summed E-state index contributed by atoms with van der Waals surface area (Å²) in [5, 5.41) is 0. The minimum absolute atomic E-state index is 0.0846. The molecule has 0 spiro atoms. The van der Waals surface area contributed by atoms with Gasteiger partial charge in [0.25, 0.3) is 0 Å². The number of hydrogen-bond acceptors (Lipinski definition) is 3. The van der Waals surface area contributed by atoms with Crippen LogP contribution in [-0.4, -0.2) is 35.4 Å². The first-order chi connectivity index (χ1) is 12.2. The minimum atomic E-state index is 0.0846. The Hall–Kier alpha value is -2.36. The molecular weight excluding hydrogens is 310 g/mol. The number of pyridine rings is 1. The van der Waals surface area contributed by atoms with E-state index < -0.39 is 0 Å². The van der Waals surface area contributed by atoms with Crippen molar-refractivity contribution < 1.29 is 4.79 Å². The number of aryl methyl sites for hydroxylation is 1. The Morgan fingerprint density at radius 3 is 2.84 bits per heavy atom. The molecule has 4 heteroatoms. The molecule has 0 aliphatic carbocycles. The Morgan fingerprint density at radius 1 is 1.16 bits per heavy atom. The molecule has 0 saturated carbocycles. The second kappa shape index (κ2) is 6.87. The second-order valence-electron chi connectivity index (χ2n) is 7.26. The highest BCUT2D eigenvalue weighted by atomic mass is 16.2. The summed E-state index contributed by atoms with van der Waals surface area (Å²) in [5.74, 6) is 1.40. The number of anilines is 1. The molecule has 1 saturated heterocycles. The fourth-order valence-corrected chi connectivity index (χ4v) is 4.02. The van der Waals surface area contributed by atoms with Crippen molar-refractivity contribution in [2.45, 2.75) is 32.7 Å². The number of amides is 1. The number of carbonyl (C=O) groups excluding carboxylic acids is 1. The first-order valence-corrected chi connectivity index (χ1v) is 9.24. The Kier molecular flexibility index (Phi) is 4.43. The standard InChI is InChI=1S/C21H25N3O/c1-16-8-10-22-20(13-16)23-11-4-7-19(15-23)21(25)24-12-9-17-5-2-3-6-18(17)14-24/h2-3,5-6,8,10,13,19H,4,7,9,11-12,14-15H2,1H3. The number of rotatable bonds is 2. The van der Waals surface area contributed by atoms with E-state index in [1.165, 1.54) is 16.7 Å². The molecule has 25 heavy (non-hydrogen) atoms. The maximum Gasteiger partial charge on any atom is 0.227 e. The van der Waals surface area contributed by atoms with Gasteiger partial charge < -0.3 is 9.80 Å². The lowest BCUT2D eigenvalue weighted by Crippen LogP contribution is -2.46. The van der Waals surface area contributed by atoms with Crippen LogP contribution in [0.2, 0.25) is 0 Å². The van der Waals surface area contributed by atoms with Crippen molar-refractivity contribution in [1.29, 1.82) is 0 Å². The summed E-state index contributed by atoms with van der Waals surface area (Å²) in [6.07, 6.45) is 4.87. The van der Waals surface area contributed by atoms with Crippen molar-refractivity contribution in [3.63, 3.8) is 0 Å². The van der Waals surface area contributed by atoms with Crippen molar-refractivity contribution in [3.8, 4) is 0 Å². The predicted octanol–water partition coefficient (Wildman–Crippen LogP) is 3.19. The predicted molar refractivity (Wildman–Crippen MR) is 99.5 cm³/mol. The number of carbonyl (C=O) groups is 1. The molecule has 2 aromatic rings. The molecule has 1 fully saturated rings. The first-order valence-electron chi connectivity index (χ1n) is 9.24. The van der Waals surface area contributed by atoms with Crippen LogP contribution in [0.15, 0.2) is 42.6 Å². The number of benzene rings is 1. The average molecular weight is 335 g/mol. The molecule has 1 unspecified atom stereocenters. The molecule has 1 aromatic heterocycles. The van der Waals surface area contributed by atoms with Gasteiger partial charge in [-0.1, -0.05) is 24.3 Å². The third-order valence-corrected chi connectivity index (χ3v) is 5.44. The van der Waals surface area contributed by atoms with Crippen LogP contribution in [0.3, 0.4) is 0 Å². The zero-order valence-corrected chi connectivity index (χ0v) is 14.8. The molecule has 0 N–H and O–H groups in total. The van der Waals surface area contributed by atoms with Crippen LogP contribution in [0.5, 0.6) is 0 Å². The number of piperidine rings is 1. The number of fused-ring (bicyclic) bond motifs is 1. The van der Waals surface area contributed by atoms with E-state index in [0.29, 0.717) is 5.91 Å². The molecule has 1 atom stereocenters. The highest BCUT2D eigenvalue weighted by Gasteiger charge is 2.31. The van der Waals surface area contributed by atoms with E-state index in [9.17, 15) is 4.79 Å². The largest absolute Gasteiger partial charge is 0.356 e. The number of hydrogen-bond donors (Lipinski definition) is 0. The zero-order valence-electron chi connectivity index (χ0n) is 14.8. The van der Waals surface area contributed by atoms with E-state index in [2.05, 4.69) is 52.0 Å². The van der Waals surface area contributed by atoms with Gasteiger partial charge in [-0.05, 0) is 55.0 Å². The van der Waals surface area contributed by atoms with E-state index >= 15 is 0 Å². The van der Waals surface area contributed by atoms with Gasteiger partial charge >= 0.3 is 0 Å². The van der Waals surface area contributed by atoms with E-state index in [0.717, 1.165) is 51.3 Å². The maximum atomic E-state index is 13.1. The van der Waals surface area contributed by atoms with Gasteiger partial charge in [0.15, 0.2) is 0 Å². The van der Waals surface area contributed by atoms with Crippen molar-refractivity contribution in [2.75, 3.05) is 24.5 Å². The summed E-state index contributed by atoms with van der Waals surface area (Å²) in [6, 6.07) is 12.6. The molecule has 0 radical (unpaired) electrons. The highest BCUT2D eigenvalue weighted by Crippen LogP contribution is 2.26. The summed E-state index contributed by atoms with van der Waals surface area (Å²) in [6.45, 7) is 5.46. The van der Waals surface area contributed by atoms with Crippen LogP contribution in [0.1, 0.15) is 29.5 Å². The summed E-state index contributed by atoms with van der Waals surface area (Å²) >= 11 is 0. The van der Waals surface area contributed by atoms with Crippen LogP contribution in [-0.2, 0) is 17.8 Å². The van der Waals surface area contributed by atoms with Gasteiger partial charge in [0.2, 0.25) is 5.91 Å². The lowest BCUT2D eigenvalue weighted by Gasteiger charge is -2.37. The Balaban J connectivity index is 1.45. The second-order valence-corrected chi connectivity index (χ2v) is 7.26. The van der Waals surface area contributed by atoms with E-state index in [-0.39, 0.29) is 5.92 Å². The lowest BCUT2D eigenvalue weighted by atomic mass is 9.94. The number of nitrogens with zero attached hydrogens (tertiary/aromatic N) is 3. The molecule has 2 aliphatic heterocycles. The summed E-state index contributed by atoms with van der Waals surface area (Å²) in [4.78, 5) is 21.9. The molecule has 4 nitrogen and oxygen atoms in total. The number of aromatic nitrogens is 1. The maximum absolute atomic E-state index is 13.1. The Morgan fingerprint density at radius 2 is 2.00 bits per heavy atom. The quantitative estimate of drug-likeness (QED) is 0.846. The smallest absolute Gasteiger partial charge is 0.227 e. The summed E-state index contributed by atoms with van der Waals surface area (Å²) in [7, 11) is 0. The molecule has 3 heterocycles. The Bertz CT molecular complexity index is 773. The van der Waals surface area contributed by atoms with Crippen LogP contribution in [0.25, 0.3) is 0 Å². The van der Waals surface area contributed by atoms with Crippen molar-refractivity contribution in [2.24, 2.45) is 5.92 Å². The molecule has 130 valence electrons. The average Bonchev–Trinajstić information content (AvgIpc) is 2.67. The van der Waals surface area contributed by atoms with Crippen LogP contribution in [0, 0.1) is 12.8 Å². The summed E-state index contributed by atoms with van der Waals surface area (Å²) in [5.41, 5.74) is 3.90. The van der Waals surface area contributed by atoms with Gasteiger partial charge in [-0.25, -0.2) is 4.98 Å². The molecule has 0 bridgehead atoms. The van der Waals surface area contributed by atoms with Crippen molar-refractivity contribution in [3.05, 3.63) is 59.3 Å². The molecule has 2 aliphatic rings. The normalized spacial score (nSPS) is 20.3. The molecule has 4 rings (SSSR count). The van der Waals surface area contributed by atoms with Gasteiger partial charge in [-0.3, -0.25) is 4.79 Å². The van der Waals surface area contributed by atoms with Gasteiger partial charge in [0, 0.05) is 32.4 Å². The molecular formula is C21H25N3O. The van der Waals surface area contributed by atoms with Gasteiger partial charge in [0.05, 0.1) is 5.92 Å². The summed E-state index contributed by atoms with van der Waals surface area (Å²) < 4.78 is 0. The van der Waals surface area contributed by atoms with E-state index in [4.69, 9.17) is 0 Å². The van der Waals surface area contributed by atoms with Crippen molar-refractivity contribution >= 4 is 11.7 Å².